The second kappa shape index (κ2) is 7.43. The number of anilines is 2. The van der Waals surface area contributed by atoms with Crippen LogP contribution in [0.5, 0.6) is 0 Å². The van der Waals surface area contributed by atoms with E-state index in [0.717, 1.165) is 6.20 Å². The highest BCUT2D eigenvalue weighted by atomic mass is 19.1. The molecule has 0 bridgehead atoms. The fourth-order valence-corrected chi connectivity index (χ4v) is 2.59. The van der Waals surface area contributed by atoms with Gasteiger partial charge < -0.3 is 0 Å². The quantitative estimate of drug-likeness (QED) is 0.547. The summed E-state index contributed by atoms with van der Waals surface area (Å²) >= 11 is 0. The molecule has 28 heavy (non-hydrogen) atoms. The van der Waals surface area contributed by atoms with Crippen molar-refractivity contribution in [2.75, 3.05) is 5.32 Å². The number of aryl methyl sites for hydroxylation is 1. The van der Waals surface area contributed by atoms with Crippen LogP contribution in [0.2, 0.25) is 0 Å². The highest BCUT2D eigenvalue weighted by Gasteiger charge is 2.19. The first-order valence-corrected chi connectivity index (χ1v) is 8.43. The van der Waals surface area contributed by atoms with E-state index < -0.39 is 11.6 Å². The van der Waals surface area contributed by atoms with E-state index in [9.17, 15) is 8.78 Å². The first-order chi connectivity index (χ1) is 13.7. The highest BCUT2D eigenvalue weighted by molar-refractivity contribution is 5.78. The zero-order valence-corrected chi connectivity index (χ0v) is 14.7. The molecule has 0 fully saturated rings. The largest absolute Gasteiger partial charge is 0.292 e. The van der Waals surface area contributed by atoms with E-state index in [4.69, 9.17) is 0 Å². The molecule has 4 aromatic rings. The maximum absolute atomic E-state index is 14.4. The number of nitrogens with zero attached hydrogens (tertiary/aromatic N) is 6. The van der Waals surface area contributed by atoms with Crippen LogP contribution in [0.15, 0.2) is 42.7 Å². The second-order valence-corrected chi connectivity index (χ2v) is 5.75. The minimum Gasteiger partial charge on any atom is -0.292 e. The Morgan fingerprint density at radius 3 is 2.54 bits per heavy atom. The molecule has 0 saturated carbocycles. The van der Waals surface area contributed by atoms with E-state index in [1.807, 2.05) is 6.92 Å². The number of rotatable bonds is 5. The van der Waals surface area contributed by atoms with Crippen LogP contribution < -0.4 is 5.32 Å². The number of aromatic nitrogens is 7. The first-order valence-electron chi connectivity index (χ1n) is 8.43. The number of nitrogens with one attached hydrogen (secondary N) is 2. The van der Waals surface area contributed by atoms with Gasteiger partial charge in [0, 0.05) is 23.7 Å². The van der Waals surface area contributed by atoms with Crippen LogP contribution in [0.3, 0.4) is 0 Å². The van der Waals surface area contributed by atoms with E-state index in [1.54, 1.807) is 12.1 Å². The van der Waals surface area contributed by atoms with Crippen LogP contribution in [-0.4, -0.2) is 35.3 Å². The topological polar surface area (TPSA) is 105 Å². The van der Waals surface area contributed by atoms with Gasteiger partial charge in [0.1, 0.15) is 17.2 Å². The lowest BCUT2D eigenvalue weighted by Crippen LogP contribution is -2.05. The van der Waals surface area contributed by atoms with Crippen LogP contribution >= 0.6 is 0 Å². The van der Waals surface area contributed by atoms with E-state index in [0.29, 0.717) is 18.2 Å². The van der Waals surface area contributed by atoms with Crippen molar-refractivity contribution in [3.63, 3.8) is 0 Å². The third-order valence-corrected chi connectivity index (χ3v) is 3.92. The van der Waals surface area contributed by atoms with Gasteiger partial charge in [-0.25, -0.2) is 18.9 Å². The van der Waals surface area contributed by atoms with Gasteiger partial charge in [-0.3, -0.25) is 10.3 Å². The summed E-state index contributed by atoms with van der Waals surface area (Å²) in [4.78, 5) is 12.3. The van der Waals surface area contributed by atoms with Crippen LogP contribution in [0, 0.1) is 11.6 Å². The monoisotopic (exact) mass is 380 g/mol. The number of pyridine rings is 1. The lowest BCUT2D eigenvalue weighted by molar-refractivity contribution is 0.623. The van der Waals surface area contributed by atoms with Gasteiger partial charge in [-0.15, -0.1) is 10.2 Å². The Kier molecular flexibility index (Phi) is 4.67. The number of halogens is 2. The molecule has 8 nitrogen and oxygen atoms in total. The normalized spacial score (nSPS) is 10.8. The number of benzene rings is 1. The molecule has 4 rings (SSSR count). The van der Waals surface area contributed by atoms with Gasteiger partial charge in [0.05, 0.1) is 6.20 Å². The summed E-state index contributed by atoms with van der Waals surface area (Å²) in [6, 6.07) is 7.48. The van der Waals surface area contributed by atoms with Gasteiger partial charge in [0.15, 0.2) is 11.6 Å². The van der Waals surface area contributed by atoms with Crippen molar-refractivity contribution in [3.8, 4) is 22.5 Å². The molecule has 0 radical (unpaired) electrons. The summed E-state index contributed by atoms with van der Waals surface area (Å²) in [5, 5.41) is 17.6. The molecule has 0 saturated heterocycles. The molecule has 10 heteroatoms. The van der Waals surface area contributed by atoms with Gasteiger partial charge in [-0.2, -0.15) is 10.1 Å². The highest BCUT2D eigenvalue weighted by Crippen LogP contribution is 2.31. The van der Waals surface area contributed by atoms with Gasteiger partial charge in [-0.05, 0) is 18.2 Å². The van der Waals surface area contributed by atoms with Crippen LogP contribution in [0.1, 0.15) is 12.7 Å². The molecule has 0 spiro atoms. The molecule has 0 unspecified atom stereocenters. The zero-order chi connectivity index (χ0) is 19.5. The molecular formula is C18H14F2N8. The summed E-state index contributed by atoms with van der Waals surface area (Å²) in [5.74, 6) is -0.131. The minimum atomic E-state index is -0.611. The van der Waals surface area contributed by atoms with Gasteiger partial charge in [0.2, 0.25) is 11.9 Å². The number of hydrogen-bond acceptors (Lipinski definition) is 7. The van der Waals surface area contributed by atoms with Crippen molar-refractivity contribution < 1.29 is 8.78 Å². The molecule has 3 aromatic heterocycles. The molecular weight excluding hydrogens is 366 g/mol. The number of aromatic amines is 1. The van der Waals surface area contributed by atoms with Crippen molar-refractivity contribution in [1.29, 1.82) is 0 Å². The summed E-state index contributed by atoms with van der Waals surface area (Å²) in [5.41, 5.74) is 0.518. The van der Waals surface area contributed by atoms with Crippen molar-refractivity contribution in [1.82, 2.24) is 35.3 Å². The number of hydrogen-bond donors (Lipinski definition) is 2. The second-order valence-electron chi connectivity index (χ2n) is 5.75. The summed E-state index contributed by atoms with van der Waals surface area (Å²) in [7, 11) is 0. The Morgan fingerprint density at radius 2 is 1.79 bits per heavy atom. The Hall–Kier alpha value is -3.82. The minimum absolute atomic E-state index is 0.0651. The lowest BCUT2D eigenvalue weighted by atomic mass is 10.0. The molecule has 3 heterocycles. The van der Waals surface area contributed by atoms with E-state index in [2.05, 4.69) is 40.7 Å². The molecule has 1 aromatic carbocycles. The van der Waals surface area contributed by atoms with Gasteiger partial charge in [0.25, 0.3) is 0 Å². The maximum Gasteiger partial charge on any atom is 0.250 e. The van der Waals surface area contributed by atoms with Crippen molar-refractivity contribution in [3.05, 3.63) is 60.2 Å². The molecule has 0 aliphatic rings. The zero-order valence-electron chi connectivity index (χ0n) is 14.7. The number of H-pyrrole nitrogens is 1. The Labute approximate surface area is 158 Å². The van der Waals surface area contributed by atoms with Crippen molar-refractivity contribution >= 4 is 11.9 Å². The third kappa shape index (κ3) is 3.39. The van der Waals surface area contributed by atoms with Crippen molar-refractivity contribution in [2.45, 2.75) is 13.3 Å². The molecule has 0 amide bonds. The smallest absolute Gasteiger partial charge is 0.250 e. The Bertz CT molecular complexity index is 1130. The molecule has 140 valence electrons. The molecule has 2 N–H and O–H groups in total. The predicted molar refractivity (Wildman–Crippen MR) is 97.5 cm³/mol. The standard InChI is InChI=1S/C18H14F2N8/c1-2-14-22-17(27-25-14)24-18-23-15(10-5-3-4-6-12(10)19)16(26-28-18)11-7-8-21-9-13(11)20/h3-9H,2H2,1H3,(H2,22,23,24,25,27,28). The maximum atomic E-state index is 14.4. The Balaban J connectivity index is 1.83. The average Bonchev–Trinajstić information content (AvgIpc) is 3.17. The first kappa shape index (κ1) is 17.6. The van der Waals surface area contributed by atoms with Crippen LogP contribution in [0.25, 0.3) is 22.5 Å². The van der Waals surface area contributed by atoms with Gasteiger partial charge in [-0.1, -0.05) is 19.1 Å². The third-order valence-electron chi connectivity index (χ3n) is 3.92. The summed E-state index contributed by atoms with van der Waals surface area (Å²) in [6.45, 7) is 1.92. The van der Waals surface area contributed by atoms with Crippen LogP contribution in [-0.2, 0) is 6.42 Å². The van der Waals surface area contributed by atoms with E-state index >= 15 is 0 Å². The van der Waals surface area contributed by atoms with Crippen LogP contribution in [0.4, 0.5) is 20.7 Å². The predicted octanol–water partition coefficient (Wildman–Crippen LogP) is 3.30. The molecule has 0 atom stereocenters. The lowest BCUT2D eigenvalue weighted by Gasteiger charge is -2.10. The van der Waals surface area contributed by atoms with E-state index in [-0.39, 0.29) is 28.5 Å². The Morgan fingerprint density at radius 1 is 0.964 bits per heavy atom. The summed E-state index contributed by atoms with van der Waals surface area (Å²) in [6.07, 6.45) is 3.12. The molecule has 0 aliphatic carbocycles. The average molecular weight is 380 g/mol. The summed E-state index contributed by atoms with van der Waals surface area (Å²) < 4.78 is 28.7. The SMILES string of the molecule is CCc1n[nH]c(Nc2nnc(-c3ccncc3F)c(-c3ccccc3F)n2)n1. The van der Waals surface area contributed by atoms with E-state index in [1.165, 1.54) is 24.4 Å². The fraction of sp³-hybridized carbons (Fsp3) is 0.111. The fourth-order valence-electron chi connectivity index (χ4n) is 2.59. The van der Waals surface area contributed by atoms with Crippen molar-refractivity contribution in [2.24, 2.45) is 0 Å². The molecule has 0 aliphatic heterocycles. The van der Waals surface area contributed by atoms with Gasteiger partial charge >= 0.3 is 0 Å².